The Kier molecular flexibility index (Phi) is 2.43. The molecule has 0 unspecified atom stereocenters. The summed E-state index contributed by atoms with van der Waals surface area (Å²) in [5.74, 6) is -2.10. The maximum Gasteiger partial charge on any atom is 0.329 e. The van der Waals surface area contributed by atoms with Gasteiger partial charge in [0, 0.05) is 6.92 Å². The fourth-order valence-electron chi connectivity index (χ4n) is 2.35. The van der Waals surface area contributed by atoms with E-state index < -0.39 is 23.9 Å². The topological polar surface area (TPSA) is 76.1 Å². The lowest BCUT2D eigenvalue weighted by Crippen LogP contribution is -2.46. The van der Waals surface area contributed by atoms with Gasteiger partial charge in [-0.2, -0.15) is 0 Å². The quantitative estimate of drug-likeness (QED) is 0.675. The molecule has 2 fully saturated rings. The molecule has 6 heteroatoms. The summed E-state index contributed by atoms with van der Waals surface area (Å²) in [6.07, 6.45) is -0.920. The van der Waals surface area contributed by atoms with Crippen LogP contribution in [0.1, 0.15) is 20.8 Å². The number of carbonyl (C=O) groups is 2. The number of likely N-dealkylation sites (tertiary alicyclic amines) is 1. The molecule has 0 radical (unpaired) electrons. The van der Waals surface area contributed by atoms with E-state index in [2.05, 4.69) is 0 Å². The Hall–Kier alpha value is -1.14. The number of aliphatic carboxylic acids is 1. The van der Waals surface area contributed by atoms with Gasteiger partial charge in [0.2, 0.25) is 5.91 Å². The zero-order chi connectivity index (χ0) is 12.1. The van der Waals surface area contributed by atoms with Gasteiger partial charge < -0.3 is 19.5 Å². The van der Waals surface area contributed by atoms with E-state index in [1.54, 1.807) is 13.8 Å². The maximum absolute atomic E-state index is 11.3. The van der Waals surface area contributed by atoms with Crippen LogP contribution in [0.4, 0.5) is 0 Å². The van der Waals surface area contributed by atoms with Gasteiger partial charge in [0.05, 0.1) is 6.54 Å². The van der Waals surface area contributed by atoms with E-state index in [-0.39, 0.29) is 18.6 Å². The van der Waals surface area contributed by atoms with E-state index in [0.717, 1.165) is 0 Å². The molecule has 0 aliphatic carbocycles. The molecule has 0 aromatic heterocycles. The average Bonchev–Trinajstić information content (AvgIpc) is 2.54. The summed E-state index contributed by atoms with van der Waals surface area (Å²) in [5, 5.41) is 9.12. The Morgan fingerprint density at radius 2 is 2.00 bits per heavy atom. The molecule has 0 bridgehead atoms. The van der Waals surface area contributed by atoms with E-state index in [0.29, 0.717) is 0 Å². The number of hydrogen-bond donors (Lipinski definition) is 1. The number of hydrogen-bond acceptors (Lipinski definition) is 4. The fourth-order valence-corrected chi connectivity index (χ4v) is 2.35. The molecule has 2 heterocycles. The van der Waals surface area contributed by atoms with Crippen molar-refractivity contribution < 1.29 is 24.2 Å². The third-order valence-corrected chi connectivity index (χ3v) is 2.90. The number of fused-ring (bicyclic) bond motifs is 1. The molecule has 0 aromatic carbocycles. The minimum Gasteiger partial charge on any atom is -0.480 e. The van der Waals surface area contributed by atoms with Crippen molar-refractivity contribution in [3.63, 3.8) is 0 Å². The molecule has 16 heavy (non-hydrogen) atoms. The summed E-state index contributed by atoms with van der Waals surface area (Å²) < 4.78 is 11.1. The molecule has 0 saturated carbocycles. The lowest BCUT2D eigenvalue weighted by molar-refractivity contribution is -0.174. The first-order chi connectivity index (χ1) is 7.32. The van der Waals surface area contributed by atoms with Crippen molar-refractivity contribution in [2.45, 2.75) is 44.8 Å². The Balaban J connectivity index is 2.23. The van der Waals surface area contributed by atoms with Gasteiger partial charge in [0.1, 0.15) is 12.2 Å². The number of carbonyl (C=O) groups excluding carboxylic acids is 1. The number of carboxylic acids is 1. The highest BCUT2D eigenvalue weighted by Gasteiger charge is 2.56. The Labute approximate surface area is 93.1 Å². The minimum absolute atomic E-state index is 0.271. The van der Waals surface area contributed by atoms with Gasteiger partial charge in [-0.15, -0.1) is 0 Å². The van der Waals surface area contributed by atoms with Crippen LogP contribution in [-0.4, -0.2) is 52.5 Å². The van der Waals surface area contributed by atoms with Gasteiger partial charge in [-0.1, -0.05) is 0 Å². The lowest BCUT2D eigenvalue weighted by atomic mass is 10.1. The summed E-state index contributed by atoms with van der Waals surface area (Å²) in [6, 6.07) is -0.940. The van der Waals surface area contributed by atoms with Crippen molar-refractivity contribution in [2.24, 2.45) is 0 Å². The van der Waals surface area contributed by atoms with Crippen LogP contribution < -0.4 is 0 Å². The third-order valence-electron chi connectivity index (χ3n) is 2.90. The first-order valence-electron chi connectivity index (χ1n) is 5.17. The van der Waals surface area contributed by atoms with Crippen LogP contribution in [0.3, 0.4) is 0 Å². The van der Waals surface area contributed by atoms with Crippen molar-refractivity contribution >= 4 is 11.9 Å². The summed E-state index contributed by atoms with van der Waals surface area (Å²) in [6.45, 7) is 5.10. The van der Waals surface area contributed by atoms with Crippen molar-refractivity contribution in [2.75, 3.05) is 6.54 Å². The molecule has 1 amide bonds. The molecule has 1 N–H and O–H groups in total. The van der Waals surface area contributed by atoms with Gasteiger partial charge >= 0.3 is 5.97 Å². The highest BCUT2D eigenvalue weighted by atomic mass is 16.8. The number of carboxylic acid groups (broad SMARTS) is 1. The Morgan fingerprint density at radius 1 is 1.38 bits per heavy atom. The highest BCUT2D eigenvalue weighted by molar-refractivity contribution is 5.84. The second-order valence-corrected chi connectivity index (χ2v) is 4.59. The van der Waals surface area contributed by atoms with Crippen molar-refractivity contribution in [1.29, 1.82) is 0 Å². The van der Waals surface area contributed by atoms with E-state index in [1.165, 1.54) is 11.8 Å². The van der Waals surface area contributed by atoms with Crippen LogP contribution in [0.5, 0.6) is 0 Å². The summed E-state index contributed by atoms with van der Waals surface area (Å²) in [4.78, 5) is 23.7. The van der Waals surface area contributed by atoms with Gasteiger partial charge in [0.15, 0.2) is 11.8 Å². The maximum atomic E-state index is 11.3. The lowest BCUT2D eigenvalue weighted by Gasteiger charge is -2.26. The largest absolute Gasteiger partial charge is 0.480 e. The molecule has 2 aliphatic heterocycles. The van der Waals surface area contributed by atoms with Crippen LogP contribution >= 0.6 is 0 Å². The van der Waals surface area contributed by atoms with Crippen molar-refractivity contribution in [3.05, 3.63) is 0 Å². The number of ether oxygens (including phenoxy) is 2. The summed E-state index contributed by atoms with van der Waals surface area (Å²) >= 11 is 0. The molecule has 2 rings (SSSR count). The SMILES string of the molecule is CC(=O)N1C[C@@H]2OC(C)(C)O[C@@H]2[C@H]1C(=O)O. The first kappa shape index (κ1) is 11.3. The molecule has 2 aliphatic rings. The molecule has 3 atom stereocenters. The van der Waals surface area contributed by atoms with E-state index in [4.69, 9.17) is 14.6 Å². The van der Waals surface area contributed by atoms with E-state index in [9.17, 15) is 9.59 Å². The molecule has 0 spiro atoms. The van der Waals surface area contributed by atoms with Crippen LogP contribution in [0.25, 0.3) is 0 Å². The summed E-state index contributed by atoms with van der Waals surface area (Å²) in [5.41, 5.74) is 0. The third kappa shape index (κ3) is 1.68. The molecule has 90 valence electrons. The predicted molar refractivity (Wildman–Crippen MR) is 52.6 cm³/mol. The Morgan fingerprint density at radius 3 is 2.50 bits per heavy atom. The Bertz CT molecular complexity index is 340. The van der Waals surface area contributed by atoms with Crippen LogP contribution in [0.15, 0.2) is 0 Å². The summed E-state index contributed by atoms with van der Waals surface area (Å²) in [7, 11) is 0. The molecule has 2 saturated heterocycles. The zero-order valence-corrected chi connectivity index (χ0v) is 9.47. The van der Waals surface area contributed by atoms with Gasteiger partial charge in [-0.25, -0.2) is 4.79 Å². The van der Waals surface area contributed by atoms with E-state index >= 15 is 0 Å². The second-order valence-electron chi connectivity index (χ2n) is 4.59. The van der Waals surface area contributed by atoms with Gasteiger partial charge in [0.25, 0.3) is 0 Å². The number of nitrogens with zero attached hydrogens (tertiary/aromatic N) is 1. The van der Waals surface area contributed by atoms with Crippen molar-refractivity contribution in [1.82, 2.24) is 4.90 Å². The van der Waals surface area contributed by atoms with Crippen molar-refractivity contribution in [3.8, 4) is 0 Å². The van der Waals surface area contributed by atoms with Crippen LogP contribution in [0.2, 0.25) is 0 Å². The minimum atomic E-state index is -1.05. The standard InChI is InChI=1S/C10H15NO5/c1-5(12)11-4-6-8(7(11)9(13)14)16-10(2,3)15-6/h6-8H,4H2,1-3H3,(H,13,14)/t6-,7-,8-/m0/s1. The molecule has 6 nitrogen and oxygen atoms in total. The monoisotopic (exact) mass is 229 g/mol. The van der Waals surface area contributed by atoms with Gasteiger partial charge in [-0.05, 0) is 13.8 Å². The fraction of sp³-hybridized carbons (Fsp3) is 0.800. The first-order valence-corrected chi connectivity index (χ1v) is 5.17. The highest BCUT2D eigenvalue weighted by Crippen LogP contribution is 2.36. The zero-order valence-electron chi connectivity index (χ0n) is 9.47. The van der Waals surface area contributed by atoms with Gasteiger partial charge in [-0.3, -0.25) is 4.79 Å². The average molecular weight is 229 g/mol. The molecular formula is C10H15NO5. The predicted octanol–water partition coefficient (Wildman–Crippen LogP) is -0.178. The van der Waals surface area contributed by atoms with Crippen LogP contribution in [-0.2, 0) is 19.1 Å². The molecular weight excluding hydrogens is 214 g/mol. The smallest absolute Gasteiger partial charge is 0.329 e. The normalized spacial score (nSPS) is 36.2. The van der Waals surface area contributed by atoms with E-state index in [1.807, 2.05) is 0 Å². The number of amides is 1. The van der Waals surface area contributed by atoms with Crippen LogP contribution in [0, 0.1) is 0 Å². The molecule has 0 aromatic rings. The second kappa shape index (κ2) is 3.43. The number of rotatable bonds is 1.